The number of anilines is 1. The Kier molecular flexibility index (Phi) is 5.94. The maximum Gasteiger partial charge on any atom is 0.354 e. The van der Waals surface area contributed by atoms with Crippen molar-refractivity contribution >= 4 is 27.6 Å². The highest BCUT2D eigenvalue weighted by atomic mass is 32.2. The van der Waals surface area contributed by atoms with Crippen molar-refractivity contribution in [2.24, 2.45) is 7.05 Å². The molecule has 2 heterocycles. The number of nitrogens with one attached hydrogen (secondary N) is 1. The Morgan fingerprint density at radius 2 is 1.93 bits per heavy atom. The summed E-state index contributed by atoms with van der Waals surface area (Å²) >= 11 is 0. The molecule has 0 bridgehead atoms. The van der Waals surface area contributed by atoms with Gasteiger partial charge in [-0.25, -0.2) is 13.2 Å². The molecule has 0 spiro atoms. The van der Waals surface area contributed by atoms with Crippen molar-refractivity contribution in [3.63, 3.8) is 0 Å². The topological polar surface area (TPSA) is 107 Å². The van der Waals surface area contributed by atoms with E-state index in [1.165, 1.54) is 35.4 Å². The zero-order valence-corrected chi connectivity index (χ0v) is 17.2. The summed E-state index contributed by atoms with van der Waals surface area (Å²) in [5, 5.41) is 2.75. The van der Waals surface area contributed by atoms with Crippen LogP contribution in [0.25, 0.3) is 0 Å². The van der Waals surface area contributed by atoms with Gasteiger partial charge < -0.3 is 19.4 Å². The van der Waals surface area contributed by atoms with Gasteiger partial charge in [-0.2, -0.15) is 4.31 Å². The molecule has 0 saturated carbocycles. The lowest BCUT2D eigenvalue weighted by atomic mass is 10.2. The average molecular weight is 421 g/mol. The average Bonchev–Trinajstić information content (AvgIpc) is 3.35. The van der Waals surface area contributed by atoms with Gasteiger partial charge in [0.1, 0.15) is 22.4 Å². The van der Waals surface area contributed by atoms with Crippen LogP contribution in [0.1, 0.15) is 23.3 Å². The van der Waals surface area contributed by atoms with Gasteiger partial charge in [0, 0.05) is 19.8 Å². The molecule has 1 aromatic heterocycles. The lowest BCUT2D eigenvalue weighted by molar-refractivity contribution is -0.119. The number of carbonyl (C=O) groups is 2. The van der Waals surface area contributed by atoms with Gasteiger partial charge in [0.15, 0.2) is 0 Å². The number of amides is 1. The summed E-state index contributed by atoms with van der Waals surface area (Å²) in [5.74, 6) is -0.584. The lowest BCUT2D eigenvalue weighted by Gasteiger charge is -2.23. The molecular formula is C19H23N3O6S. The normalized spacial score (nSPS) is 17.1. The zero-order valence-electron chi connectivity index (χ0n) is 16.4. The molecule has 0 radical (unpaired) electrons. The van der Waals surface area contributed by atoms with E-state index in [1.54, 1.807) is 31.3 Å². The zero-order chi connectivity index (χ0) is 21.2. The Morgan fingerprint density at radius 1 is 1.21 bits per heavy atom. The van der Waals surface area contributed by atoms with E-state index >= 15 is 0 Å². The van der Waals surface area contributed by atoms with Crippen molar-refractivity contribution in [1.29, 1.82) is 0 Å². The van der Waals surface area contributed by atoms with E-state index in [0.29, 0.717) is 24.3 Å². The van der Waals surface area contributed by atoms with Gasteiger partial charge in [-0.3, -0.25) is 4.79 Å². The largest absolute Gasteiger partial charge is 0.495 e. The molecule has 9 nitrogen and oxygen atoms in total. The van der Waals surface area contributed by atoms with Crippen LogP contribution in [0.5, 0.6) is 5.75 Å². The molecule has 1 aliphatic heterocycles. The van der Waals surface area contributed by atoms with E-state index in [-0.39, 0.29) is 17.1 Å². The van der Waals surface area contributed by atoms with Gasteiger partial charge >= 0.3 is 5.97 Å². The number of benzene rings is 1. The molecule has 1 N–H and O–H groups in total. The minimum Gasteiger partial charge on any atom is -0.495 e. The van der Waals surface area contributed by atoms with Gasteiger partial charge in [0.05, 0.1) is 19.9 Å². The molecule has 0 unspecified atom stereocenters. The number of aromatic nitrogens is 1. The highest BCUT2D eigenvalue weighted by Gasteiger charge is 2.40. The standard InChI is InChI=1S/C19H23N3O6S/c1-21-12-13(11-16(21)19(24)28-3)29(25,26)22-10-6-8-15(22)18(23)20-14-7-4-5-9-17(14)27-2/h4-5,7,9,11-12,15H,6,8,10H2,1-3H3,(H,20,23)/t15-/m1/s1. The van der Waals surface area contributed by atoms with Crippen LogP contribution in [-0.4, -0.2) is 56.0 Å². The summed E-state index contributed by atoms with van der Waals surface area (Å²) in [7, 11) is 0.301. The van der Waals surface area contributed by atoms with E-state index < -0.39 is 27.9 Å². The molecule has 1 saturated heterocycles. The monoisotopic (exact) mass is 421 g/mol. The van der Waals surface area contributed by atoms with Crippen LogP contribution in [0.4, 0.5) is 5.69 Å². The third kappa shape index (κ3) is 3.99. The molecule has 1 aromatic carbocycles. The first-order valence-corrected chi connectivity index (χ1v) is 10.4. The fraction of sp³-hybridized carbons (Fsp3) is 0.368. The van der Waals surface area contributed by atoms with E-state index in [9.17, 15) is 18.0 Å². The number of hydrogen-bond donors (Lipinski definition) is 1. The fourth-order valence-electron chi connectivity index (χ4n) is 3.37. The second kappa shape index (κ2) is 8.26. The summed E-state index contributed by atoms with van der Waals surface area (Å²) < 4.78 is 38.8. The minimum absolute atomic E-state index is 0.0580. The number of nitrogens with zero attached hydrogens (tertiary/aromatic N) is 2. The number of carbonyl (C=O) groups excluding carboxylic acids is 2. The molecule has 1 aliphatic rings. The number of methoxy groups -OCH3 is 2. The summed E-state index contributed by atoms with van der Waals surface area (Å²) in [6.07, 6.45) is 2.30. The Bertz CT molecular complexity index is 1030. The first kappa shape index (κ1) is 20.9. The SMILES string of the molecule is COC(=O)c1cc(S(=O)(=O)N2CCC[C@@H]2C(=O)Nc2ccccc2OC)cn1C. The van der Waals surface area contributed by atoms with E-state index in [0.717, 1.165) is 0 Å². The predicted octanol–water partition coefficient (Wildman–Crippen LogP) is 1.61. The summed E-state index contributed by atoms with van der Waals surface area (Å²) in [6.45, 7) is 0.217. The van der Waals surface area contributed by atoms with Gasteiger partial charge in [-0.1, -0.05) is 12.1 Å². The maximum atomic E-state index is 13.2. The second-order valence-corrected chi connectivity index (χ2v) is 8.52. The van der Waals surface area contributed by atoms with Crippen LogP contribution in [0, 0.1) is 0 Å². The second-order valence-electron chi connectivity index (χ2n) is 6.63. The molecule has 1 atom stereocenters. The van der Waals surface area contributed by atoms with Crippen molar-refractivity contribution < 1.29 is 27.5 Å². The van der Waals surface area contributed by atoms with Crippen LogP contribution in [0.2, 0.25) is 0 Å². The highest BCUT2D eigenvalue weighted by molar-refractivity contribution is 7.89. The van der Waals surface area contributed by atoms with Crippen LogP contribution in [0.3, 0.4) is 0 Å². The van der Waals surface area contributed by atoms with Crippen molar-refractivity contribution in [3.05, 3.63) is 42.2 Å². The lowest BCUT2D eigenvalue weighted by Crippen LogP contribution is -2.43. The Hall–Kier alpha value is -2.85. The van der Waals surface area contributed by atoms with Crippen LogP contribution in [0.15, 0.2) is 41.4 Å². The number of hydrogen-bond acceptors (Lipinski definition) is 6. The number of para-hydroxylation sites is 2. The molecule has 29 heavy (non-hydrogen) atoms. The number of esters is 1. The predicted molar refractivity (Wildman–Crippen MR) is 105 cm³/mol. The number of rotatable bonds is 6. The highest BCUT2D eigenvalue weighted by Crippen LogP contribution is 2.29. The molecule has 0 aliphatic carbocycles. The minimum atomic E-state index is -3.97. The fourth-order valence-corrected chi connectivity index (χ4v) is 5.10. The van der Waals surface area contributed by atoms with Gasteiger partial charge in [0.25, 0.3) is 0 Å². The third-order valence-corrected chi connectivity index (χ3v) is 6.73. The van der Waals surface area contributed by atoms with Crippen LogP contribution >= 0.6 is 0 Å². The summed E-state index contributed by atoms with van der Waals surface area (Å²) in [6, 6.07) is 7.32. The van der Waals surface area contributed by atoms with Crippen molar-refractivity contribution in [2.45, 2.75) is 23.8 Å². The molecule has 3 rings (SSSR count). The Morgan fingerprint density at radius 3 is 2.62 bits per heavy atom. The molecular weight excluding hydrogens is 398 g/mol. The van der Waals surface area contributed by atoms with Crippen LogP contribution in [-0.2, 0) is 26.6 Å². The molecule has 1 amide bonds. The van der Waals surface area contributed by atoms with Crippen molar-refractivity contribution in [1.82, 2.24) is 8.87 Å². The quantitative estimate of drug-likeness (QED) is 0.710. The summed E-state index contributed by atoms with van der Waals surface area (Å²) in [4.78, 5) is 24.6. The first-order valence-electron chi connectivity index (χ1n) is 9.00. The smallest absolute Gasteiger partial charge is 0.354 e. The van der Waals surface area contributed by atoms with Crippen LogP contribution < -0.4 is 10.1 Å². The van der Waals surface area contributed by atoms with Gasteiger partial charge in [0.2, 0.25) is 15.9 Å². The molecule has 156 valence electrons. The van der Waals surface area contributed by atoms with E-state index in [2.05, 4.69) is 10.1 Å². The van der Waals surface area contributed by atoms with E-state index in [4.69, 9.17) is 4.74 Å². The van der Waals surface area contributed by atoms with Gasteiger partial charge in [-0.15, -0.1) is 0 Å². The Labute approximate surface area is 169 Å². The number of ether oxygens (including phenoxy) is 2. The molecule has 1 fully saturated rings. The number of sulfonamides is 1. The van der Waals surface area contributed by atoms with E-state index in [1.807, 2.05) is 0 Å². The summed E-state index contributed by atoms with van der Waals surface area (Å²) in [5.41, 5.74) is 0.581. The van der Waals surface area contributed by atoms with Crippen molar-refractivity contribution in [3.8, 4) is 5.75 Å². The first-order chi connectivity index (χ1) is 13.8. The third-order valence-electron chi connectivity index (χ3n) is 4.85. The number of aryl methyl sites for hydroxylation is 1. The molecule has 10 heteroatoms. The molecule has 2 aromatic rings. The maximum absolute atomic E-state index is 13.2. The van der Waals surface area contributed by atoms with Gasteiger partial charge in [-0.05, 0) is 31.0 Å². The Balaban J connectivity index is 1.86. The van der Waals surface area contributed by atoms with Crippen molar-refractivity contribution in [2.75, 3.05) is 26.1 Å².